The van der Waals surface area contributed by atoms with Gasteiger partial charge in [0.05, 0.1) is 11.2 Å². The number of rotatable bonds is 3. The summed E-state index contributed by atoms with van der Waals surface area (Å²) < 4.78 is 14.4. The third-order valence-electron chi connectivity index (χ3n) is 5.82. The minimum absolute atomic E-state index is 0.0296. The van der Waals surface area contributed by atoms with E-state index in [1.54, 1.807) is 0 Å². The smallest absolute Gasteiger partial charge is 0.140 e. The quantitative estimate of drug-likeness (QED) is 0.808. The Morgan fingerprint density at radius 1 is 1.00 bits per heavy atom. The first kappa shape index (κ1) is 16.7. The van der Waals surface area contributed by atoms with Crippen LogP contribution in [0.5, 0.6) is 0 Å². The van der Waals surface area contributed by atoms with Crippen LogP contribution in [0.1, 0.15) is 37.9 Å². The van der Waals surface area contributed by atoms with Crippen LogP contribution < -0.4 is 4.90 Å². The average Bonchev–Trinajstić information content (AvgIpc) is 3.53. The number of anilines is 1. The summed E-state index contributed by atoms with van der Waals surface area (Å²) in [5.41, 5.74) is 1.81. The number of fused-ring (bicyclic) bond motifs is 1. The van der Waals surface area contributed by atoms with Crippen LogP contribution in [0.25, 0.3) is 10.9 Å². The van der Waals surface area contributed by atoms with Crippen LogP contribution in [0.3, 0.4) is 0 Å². The predicted molar refractivity (Wildman–Crippen MR) is 106 cm³/mol. The van der Waals surface area contributed by atoms with Gasteiger partial charge in [-0.25, -0.2) is 14.4 Å². The minimum Gasteiger partial charge on any atom is -0.366 e. The SMILES string of the molecule is CC1C=CC(N2CCN(c3nc(C4CC4)nc4ccccc34)CC2)=C(F)C1. The second-order valence-corrected chi connectivity index (χ2v) is 8.00. The van der Waals surface area contributed by atoms with Crippen LogP contribution in [0.2, 0.25) is 0 Å². The molecule has 0 bridgehead atoms. The summed E-state index contributed by atoms with van der Waals surface area (Å²) in [5.74, 6) is 2.89. The van der Waals surface area contributed by atoms with E-state index in [1.807, 2.05) is 12.1 Å². The monoisotopic (exact) mass is 364 g/mol. The number of benzene rings is 1. The summed E-state index contributed by atoms with van der Waals surface area (Å²) in [6.07, 6.45) is 7.00. The molecule has 27 heavy (non-hydrogen) atoms. The molecule has 140 valence electrons. The Kier molecular flexibility index (Phi) is 4.10. The fourth-order valence-corrected chi connectivity index (χ4v) is 4.08. The molecule has 2 fully saturated rings. The van der Waals surface area contributed by atoms with Gasteiger partial charge in [-0.3, -0.25) is 0 Å². The maximum atomic E-state index is 14.4. The predicted octanol–water partition coefficient (Wildman–Crippen LogP) is 4.41. The van der Waals surface area contributed by atoms with E-state index in [2.05, 4.69) is 41.0 Å². The van der Waals surface area contributed by atoms with E-state index in [0.717, 1.165) is 54.4 Å². The average molecular weight is 364 g/mol. The van der Waals surface area contributed by atoms with Gasteiger partial charge in [0.2, 0.25) is 0 Å². The van der Waals surface area contributed by atoms with Gasteiger partial charge in [-0.2, -0.15) is 0 Å². The summed E-state index contributed by atoms with van der Waals surface area (Å²) in [7, 11) is 0. The third kappa shape index (κ3) is 3.20. The Bertz CT molecular complexity index is 923. The molecule has 0 radical (unpaired) electrons. The first-order valence-corrected chi connectivity index (χ1v) is 10.0. The van der Waals surface area contributed by atoms with Crippen LogP contribution >= 0.6 is 0 Å². The number of aromatic nitrogens is 2. The van der Waals surface area contributed by atoms with Crippen LogP contribution in [-0.2, 0) is 0 Å². The molecule has 1 saturated carbocycles. The maximum absolute atomic E-state index is 14.4. The summed E-state index contributed by atoms with van der Waals surface area (Å²) in [6.45, 7) is 5.40. The van der Waals surface area contributed by atoms with Gasteiger partial charge in [0.15, 0.2) is 0 Å². The molecule has 1 unspecified atom stereocenters. The normalized spacial score (nSPS) is 23.4. The van der Waals surface area contributed by atoms with Crippen molar-refractivity contribution < 1.29 is 4.39 Å². The van der Waals surface area contributed by atoms with Crippen molar-refractivity contribution in [2.24, 2.45) is 5.92 Å². The first-order chi connectivity index (χ1) is 13.2. The largest absolute Gasteiger partial charge is 0.366 e. The topological polar surface area (TPSA) is 32.3 Å². The molecule has 2 heterocycles. The van der Waals surface area contributed by atoms with Gasteiger partial charge < -0.3 is 9.80 Å². The zero-order valence-electron chi connectivity index (χ0n) is 15.7. The summed E-state index contributed by atoms with van der Waals surface area (Å²) >= 11 is 0. The Hall–Kier alpha value is -2.43. The van der Waals surface area contributed by atoms with E-state index in [9.17, 15) is 4.39 Å². The van der Waals surface area contributed by atoms with Crippen molar-refractivity contribution in [2.75, 3.05) is 31.1 Å². The van der Waals surface area contributed by atoms with Gasteiger partial charge in [0, 0.05) is 43.9 Å². The fraction of sp³-hybridized carbons (Fsp3) is 0.455. The molecule has 1 aliphatic heterocycles. The highest BCUT2D eigenvalue weighted by Crippen LogP contribution is 2.40. The summed E-state index contributed by atoms with van der Waals surface area (Å²) in [4.78, 5) is 14.3. The third-order valence-corrected chi connectivity index (χ3v) is 5.82. The number of nitrogens with zero attached hydrogens (tertiary/aromatic N) is 4. The zero-order valence-corrected chi connectivity index (χ0v) is 15.7. The van der Waals surface area contributed by atoms with Crippen molar-refractivity contribution in [3.63, 3.8) is 0 Å². The molecule has 5 rings (SSSR count). The fourth-order valence-electron chi connectivity index (χ4n) is 4.08. The van der Waals surface area contributed by atoms with E-state index in [4.69, 9.17) is 9.97 Å². The van der Waals surface area contributed by atoms with Crippen molar-refractivity contribution >= 4 is 16.7 Å². The lowest BCUT2D eigenvalue weighted by molar-refractivity contribution is 0.311. The molecule has 1 saturated heterocycles. The molecular formula is C22H25FN4. The molecule has 2 aromatic rings. The molecule has 1 atom stereocenters. The Balaban J connectivity index is 1.40. The molecule has 1 aromatic carbocycles. The number of piperazine rings is 1. The van der Waals surface area contributed by atoms with Gasteiger partial charge in [-0.05, 0) is 37.0 Å². The lowest BCUT2D eigenvalue weighted by atomic mass is 9.99. The second-order valence-electron chi connectivity index (χ2n) is 8.00. The second kappa shape index (κ2) is 6.63. The van der Waals surface area contributed by atoms with Crippen LogP contribution in [0.15, 0.2) is 47.9 Å². The van der Waals surface area contributed by atoms with Gasteiger partial charge in [0.25, 0.3) is 0 Å². The number of para-hydroxylation sites is 1. The van der Waals surface area contributed by atoms with Crippen molar-refractivity contribution in [3.8, 4) is 0 Å². The number of halogens is 1. The number of allylic oxidation sites excluding steroid dienone is 3. The molecule has 0 N–H and O–H groups in total. The highest BCUT2D eigenvalue weighted by Gasteiger charge is 2.29. The highest BCUT2D eigenvalue weighted by atomic mass is 19.1. The van der Waals surface area contributed by atoms with Gasteiger partial charge >= 0.3 is 0 Å². The van der Waals surface area contributed by atoms with Crippen LogP contribution in [0.4, 0.5) is 10.2 Å². The minimum atomic E-state index is 0.0296. The van der Waals surface area contributed by atoms with Gasteiger partial charge in [0.1, 0.15) is 17.5 Å². The van der Waals surface area contributed by atoms with Crippen molar-refractivity contribution in [3.05, 3.63) is 53.8 Å². The van der Waals surface area contributed by atoms with Crippen LogP contribution in [-0.4, -0.2) is 41.0 Å². The number of hydrogen-bond acceptors (Lipinski definition) is 4. The van der Waals surface area contributed by atoms with E-state index >= 15 is 0 Å². The van der Waals surface area contributed by atoms with E-state index in [1.165, 1.54) is 12.8 Å². The first-order valence-electron chi connectivity index (χ1n) is 10.0. The molecular weight excluding hydrogens is 339 g/mol. The molecule has 0 amide bonds. The lowest BCUT2D eigenvalue weighted by Gasteiger charge is -2.38. The van der Waals surface area contributed by atoms with E-state index in [0.29, 0.717) is 18.3 Å². The molecule has 4 nitrogen and oxygen atoms in total. The molecule has 5 heteroatoms. The summed E-state index contributed by atoms with van der Waals surface area (Å²) in [5, 5.41) is 1.12. The molecule has 0 spiro atoms. The maximum Gasteiger partial charge on any atom is 0.140 e. The van der Waals surface area contributed by atoms with E-state index < -0.39 is 0 Å². The van der Waals surface area contributed by atoms with Gasteiger partial charge in [-0.1, -0.05) is 25.1 Å². The number of hydrogen-bond donors (Lipinski definition) is 0. The van der Waals surface area contributed by atoms with Gasteiger partial charge in [-0.15, -0.1) is 0 Å². The lowest BCUT2D eigenvalue weighted by Crippen LogP contribution is -2.46. The summed E-state index contributed by atoms with van der Waals surface area (Å²) in [6, 6.07) is 8.29. The van der Waals surface area contributed by atoms with Crippen molar-refractivity contribution in [1.29, 1.82) is 0 Å². The van der Waals surface area contributed by atoms with E-state index in [-0.39, 0.29) is 5.83 Å². The Morgan fingerprint density at radius 2 is 1.74 bits per heavy atom. The standard InChI is InChI=1S/C22H25FN4/c1-15-6-9-20(18(23)14-15)26-10-12-27(13-11-26)22-17-4-2-3-5-19(17)24-21(25-22)16-7-8-16/h2-6,9,15-16H,7-8,10-14H2,1H3. The highest BCUT2D eigenvalue weighted by molar-refractivity contribution is 5.89. The molecule has 3 aliphatic rings. The Morgan fingerprint density at radius 3 is 2.48 bits per heavy atom. The zero-order chi connectivity index (χ0) is 18.4. The van der Waals surface area contributed by atoms with Crippen molar-refractivity contribution in [2.45, 2.75) is 32.1 Å². The van der Waals surface area contributed by atoms with Crippen LogP contribution in [0, 0.1) is 5.92 Å². The molecule has 2 aliphatic carbocycles. The van der Waals surface area contributed by atoms with Crippen molar-refractivity contribution in [1.82, 2.24) is 14.9 Å². The Labute approximate surface area is 159 Å². The molecule has 1 aromatic heterocycles.